The Balaban J connectivity index is 1.45. The third-order valence-electron chi connectivity index (χ3n) is 4.57. The molecule has 2 aromatic carbocycles. The van der Waals surface area contributed by atoms with Gasteiger partial charge in [0, 0.05) is 34.3 Å². The molecule has 0 spiro atoms. The quantitative estimate of drug-likeness (QED) is 0.348. The summed E-state index contributed by atoms with van der Waals surface area (Å²) in [4.78, 5) is 33.1. The Morgan fingerprint density at radius 3 is 1.59 bits per heavy atom. The fourth-order valence-corrected chi connectivity index (χ4v) is 3.18. The van der Waals surface area contributed by atoms with E-state index in [0.29, 0.717) is 0 Å². The van der Waals surface area contributed by atoms with Crippen LogP contribution in [0.1, 0.15) is 17.5 Å². The number of carbonyl (C=O) groups excluding carboxylic acids is 2. The van der Waals surface area contributed by atoms with Gasteiger partial charge in [-0.05, 0) is 36.4 Å². The van der Waals surface area contributed by atoms with Crippen LogP contribution in [-0.2, 0) is 9.59 Å². The lowest BCUT2D eigenvalue weighted by molar-refractivity contribution is -0.121. The van der Waals surface area contributed by atoms with Gasteiger partial charge in [0.05, 0.1) is 17.5 Å². The van der Waals surface area contributed by atoms with E-state index in [-0.39, 0.29) is 18.0 Å². The standard InChI is InChI=1S/C25H18N2O2/c28-22(13-11-20-7-1-5-18-9-3-15-26-24(18)20)17-23(29)14-12-21-8-2-6-19-10-4-16-27-25(19)21/h1-16H,17H2. The summed E-state index contributed by atoms with van der Waals surface area (Å²) >= 11 is 0. The number of hydrogen-bond donors (Lipinski definition) is 0. The van der Waals surface area contributed by atoms with Gasteiger partial charge in [-0.3, -0.25) is 19.6 Å². The molecule has 140 valence electrons. The first-order valence-corrected chi connectivity index (χ1v) is 9.30. The van der Waals surface area contributed by atoms with Crippen molar-refractivity contribution in [3.05, 3.63) is 96.3 Å². The smallest absolute Gasteiger partial charge is 0.163 e. The normalized spacial score (nSPS) is 11.6. The summed E-state index contributed by atoms with van der Waals surface area (Å²) in [5, 5.41) is 2.01. The maximum absolute atomic E-state index is 12.2. The molecule has 0 amide bonds. The van der Waals surface area contributed by atoms with Gasteiger partial charge in [-0.2, -0.15) is 0 Å². The van der Waals surface area contributed by atoms with E-state index in [1.807, 2.05) is 60.7 Å². The highest BCUT2D eigenvalue weighted by Gasteiger charge is 2.05. The van der Waals surface area contributed by atoms with Gasteiger partial charge in [-0.15, -0.1) is 0 Å². The van der Waals surface area contributed by atoms with Gasteiger partial charge in [0.1, 0.15) is 0 Å². The number of nitrogens with zero attached hydrogens (tertiary/aromatic N) is 2. The first kappa shape index (κ1) is 18.4. The number of ketones is 2. The molecule has 4 rings (SSSR count). The van der Waals surface area contributed by atoms with Crippen molar-refractivity contribution < 1.29 is 9.59 Å². The van der Waals surface area contributed by atoms with Gasteiger partial charge in [0.25, 0.3) is 0 Å². The van der Waals surface area contributed by atoms with E-state index in [2.05, 4.69) is 9.97 Å². The zero-order chi connectivity index (χ0) is 20.1. The molecule has 0 N–H and O–H groups in total. The molecular formula is C25H18N2O2. The number of benzene rings is 2. The molecule has 0 fully saturated rings. The van der Waals surface area contributed by atoms with Gasteiger partial charge in [-0.1, -0.05) is 48.5 Å². The first-order valence-electron chi connectivity index (χ1n) is 9.30. The molecule has 0 aliphatic rings. The highest BCUT2D eigenvalue weighted by atomic mass is 16.1. The minimum absolute atomic E-state index is 0.177. The molecule has 4 aromatic rings. The molecule has 0 bridgehead atoms. The van der Waals surface area contributed by atoms with Gasteiger partial charge in [0.2, 0.25) is 0 Å². The van der Waals surface area contributed by atoms with Crippen molar-refractivity contribution in [3.8, 4) is 0 Å². The minimum atomic E-state index is -0.247. The van der Waals surface area contributed by atoms with Crippen LogP contribution in [0.3, 0.4) is 0 Å². The van der Waals surface area contributed by atoms with Crippen molar-refractivity contribution in [1.82, 2.24) is 9.97 Å². The fourth-order valence-electron chi connectivity index (χ4n) is 3.18. The molecule has 4 heteroatoms. The van der Waals surface area contributed by atoms with Gasteiger partial charge in [-0.25, -0.2) is 0 Å². The van der Waals surface area contributed by atoms with Gasteiger partial charge in [0.15, 0.2) is 11.6 Å². The number of carbonyl (C=O) groups is 2. The molecule has 2 aromatic heterocycles. The monoisotopic (exact) mass is 378 g/mol. The maximum atomic E-state index is 12.2. The van der Waals surface area contributed by atoms with Crippen molar-refractivity contribution in [2.24, 2.45) is 0 Å². The lowest BCUT2D eigenvalue weighted by Crippen LogP contribution is -2.02. The molecule has 0 aliphatic heterocycles. The summed E-state index contributed by atoms with van der Waals surface area (Å²) in [6, 6.07) is 19.3. The SMILES string of the molecule is O=C(C=Cc1cccc2cccnc12)CC(=O)C=Cc1cccc2cccnc12. The number of rotatable bonds is 6. The largest absolute Gasteiger partial charge is 0.294 e. The molecule has 0 radical (unpaired) electrons. The predicted octanol–water partition coefficient (Wildman–Crippen LogP) is 5.04. The molecule has 0 saturated heterocycles. The molecule has 0 unspecified atom stereocenters. The Kier molecular flexibility index (Phi) is 5.34. The Hall–Kier alpha value is -3.92. The van der Waals surface area contributed by atoms with Crippen LogP contribution in [0.15, 0.2) is 85.2 Å². The van der Waals surface area contributed by atoms with E-state index < -0.39 is 0 Å². The molecule has 0 atom stereocenters. The average Bonchev–Trinajstić information content (AvgIpc) is 2.76. The second-order valence-electron chi connectivity index (χ2n) is 6.62. The molecule has 29 heavy (non-hydrogen) atoms. The van der Waals surface area contributed by atoms with Crippen LogP contribution in [0.4, 0.5) is 0 Å². The van der Waals surface area contributed by atoms with E-state index in [9.17, 15) is 9.59 Å². The summed E-state index contributed by atoms with van der Waals surface area (Å²) in [6.07, 6.45) is 9.56. The number of aromatic nitrogens is 2. The molecular weight excluding hydrogens is 360 g/mol. The van der Waals surface area contributed by atoms with Crippen molar-refractivity contribution in [2.45, 2.75) is 6.42 Å². The van der Waals surface area contributed by atoms with E-state index >= 15 is 0 Å². The molecule has 0 saturated carbocycles. The van der Waals surface area contributed by atoms with Crippen LogP contribution in [0.25, 0.3) is 34.0 Å². The maximum Gasteiger partial charge on any atom is 0.163 e. The second-order valence-corrected chi connectivity index (χ2v) is 6.62. The van der Waals surface area contributed by atoms with Crippen molar-refractivity contribution in [1.29, 1.82) is 0 Å². The lowest BCUT2D eigenvalue weighted by atomic mass is 10.1. The van der Waals surface area contributed by atoms with Crippen LogP contribution in [0, 0.1) is 0 Å². The van der Waals surface area contributed by atoms with Crippen LogP contribution in [0.5, 0.6) is 0 Å². The summed E-state index contributed by atoms with van der Waals surface area (Å²) < 4.78 is 0. The minimum Gasteiger partial charge on any atom is -0.294 e. The number of pyridine rings is 2. The van der Waals surface area contributed by atoms with Crippen LogP contribution in [-0.4, -0.2) is 21.5 Å². The van der Waals surface area contributed by atoms with E-state index in [0.717, 1.165) is 32.9 Å². The van der Waals surface area contributed by atoms with Crippen LogP contribution < -0.4 is 0 Å². The van der Waals surface area contributed by atoms with E-state index in [4.69, 9.17) is 0 Å². The number of hydrogen-bond acceptors (Lipinski definition) is 4. The Bertz CT molecular complexity index is 1160. The molecule has 4 nitrogen and oxygen atoms in total. The Morgan fingerprint density at radius 1 is 0.655 bits per heavy atom. The molecule has 0 aliphatic carbocycles. The highest BCUT2D eigenvalue weighted by molar-refractivity contribution is 6.11. The van der Waals surface area contributed by atoms with Crippen molar-refractivity contribution in [3.63, 3.8) is 0 Å². The van der Waals surface area contributed by atoms with Crippen LogP contribution >= 0.6 is 0 Å². The fraction of sp³-hybridized carbons (Fsp3) is 0.0400. The van der Waals surface area contributed by atoms with E-state index in [1.165, 1.54) is 12.2 Å². The Morgan fingerprint density at radius 2 is 1.10 bits per heavy atom. The third-order valence-corrected chi connectivity index (χ3v) is 4.57. The summed E-state index contributed by atoms with van der Waals surface area (Å²) in [5.74, 6) is -0.493. The first-order chi connectivity index (χ1) is 14.2. The highest BCUT2D eigenvalue weighted by Crippen LogP contribution is 2.18. The van der Waals surface area contributed by atoms with Crippen LogP contribution in [0.2, 0.25) is 0 Å². The lowest BCUT2D eigenvalue weighted by Gasteiger charge is -2.01. The second kappa shape index (κ2) is 8.40. The molecule has 2 heterocycles. The topological polar surface area (TPSA) is 59.9 Å². The zero-order valence-corrected chi connectivity index (χ0v) is 15.7. The summed E-state index contributed by atoms with van der Waals surface area (Å²) in [5.41, 5.74) is 3.35. The van der Waals surface area contributed by atoms with E-state index in [1.54, 1.807) is 24.5 Å². The average molecular weight is 378 g/mol. The van der Waals surface area contributed by atoms with Gasteiger partial charge < -0.3 is 0 Å². The number of para-hydroxylation sites is 2. The zero-order valence-electron chi connectivity index (χ0n) is 15.7. The van der Waals surface area contributed by atoms with Crippen molar-refractivity contribution >= 4 is 45.5 Å². The van der Waals surface area contributed by atoms with Crippen molar-refractivity contribution in [2.75, 3.05) is 0 Å². The number of allylic oxidation sites excluding steroid dienone is 2. The third kappa shape index (κ3) is 4.33. The Labute approximate surface area is 168 Å². The van der Waals surface area contributed by atoms with Gasteiger partial charge >= 0.3 is 0 Å². The number of fused-ring (bicyclic) bond motifs is 2. The predicted molar refractivity (Wildman–Crippen MR) is 116 cm³/mol. The summed E-state index contributed by atoms with van der Waals surface area (Å²) in [6.45, 7) is 0. The summed E-state index contributed by atoms with van der Waals surface area (Å²) in [7, 11) is 0.